The first-order valence-electron chi connectivity index (χ1n) is 5.47. The fraction of sp³-hybridized carbons (Fsp3) is 0.500. The smallest absolute Gasteiger partial charge is 0.133 e. The Morgan fingerprint density at radius 2 is 2.38 bits per heavy atom. The summed E-state index contributed by atoms with van der Waals surface area (Å²) in [4.78, 5) is 0. The second-order valence-electron chi connectivity index (χ2n) is 3.91. The summed E-state index contributed by atoms with van der Waals surface area (Å²) in [5, 5.41) is 3.57. The highest BCUT2D eigenvalue weighted by Gasteiger charge is 2.13. The molecule has 0 amide bonds. The predicted octanol–water partition coefficient (Wildman–Crippen LogP) is 3.77. The largest absolute Gasteiger partial charge is 0.496 e. The Hall–Kier alpha value is -0.350. The molecule has 0 aliphatic carbocycles. The molecule has 0 aromatic heterocycles. The summed E-state index contributed by atoms with van der Waals surface area (Å²) < 4.78 is 6.21. The molecule has 4 heteroatoms. The first-order valence-corrected chi connectivity index (χ1v) is 7.42. The van der Waals surface area contributed by atoms with E-state index in [2.05, 4.69) is 33.4 Å². The van der Waals surface area contributed by atoms with E-state index in [-0.39, 0.29) is 0 Å². The molecule has 0 radical (unpaired) electrons. The molecule has 0 bridgehead atoms. The SMILES string of the molecule is COc1ccc(NC2CCCSC2)cc1Br. The lowest BCUT2D eigenvalue weighted by molar-refractivity contribution is 0.412. The monoisotopic (exact) mass is 301 g/mol. The van der Waals surface area contributed by atoms with Crippen LogP contribution in [0.4, 0.5) is 5.69 Å². The number of hydrogen-bond donors (Lipinski definition) is 1. The maximum absolute atomic E-state index is 5.21. The van der Waals surface area contributed by atoms with Crippen molar-refractivity contribution in [3.8, 4) is 5.75 Å². The fourth-order valence-corrected chi connectivity index (χ4v) is 3.46. The maximum Gasteiger partial charge on any atom is 0.133 e. The molecule has 0 spiro atoms. The third kappa shape index (κ3) is 3.08. The van der Waals surface area contributed by atoms with Crippen LogP contribution in [-0.4, -0.2) is 24.7 Å². The van der Waals surface area contributed by atoms with E-state index in [1.165, 1.54) is 30.0 Å². The maximum atomic E-state index is 5.21. The lowest BCUT2D eigenvalue weighted by atomic mass is 10.1. The Bertz CT molecular complexity index is 353. The molecule has 1 aliphatic heterocycles. The molecule has 1 atom stereocenters. The number of ether oxygens (including phenoxy) is 1. The van der Waals surface area contributed by atoms with Gasteiger partial charge in [0, 0.05) is 17.5 Å². The molecule has 1 aliphatic rings. The first-order chi connectivity index (χ1) is 7.79. The molecule has 1 saturated heterocycles. The quantitative estimate of drug-likeness (QED) is 0.918. The summed E-state index contributed by atoms with van der Waals surface area (Å²) in [5.74, 6) is 3.40. The number of hydrogen-bond acceptors (Lipinski definition) is 3. The fourth-order valence-electron chi connectivity index (χ4n) is 1.85. The molecule has 16 heavy (non-hydrogen) atoms. The molecule has 1 aromatic rings. The van der Waals surface area contributed by atoms with Crippen molar-refractivity contribution in [3.63, 3.8) is 0 Å². The Balaban J connectivity index is 2.01. The minimum atomic E-state index is 0.610. The van der Waals surface area contributed by atoms with Gasteiger partial charge in [0.1, 0.15) is 5.75 Å². The van der Waals surface area contributed by atoms with Gasteiger partial charge in [0.25, 0.3) is 0 Å². The minimum Gasteiger partial charge on any atom is -0.496 e. The lowest BCUT2D eigenvalue weighted by Gasteiger charge is -2.23. The molecule has 2 rings (SSSR count). The topological polar surface area (TPSA) is 21.3 Å². The lowest BCUT2D eigenvalue weighted by Crippen LogP contribution is -2.25. The van der Waals surface area contributed by atoms with Gasteiger partial charge in [0.15, 0.2) is 0 Å². The second-order valence-corrected chi connectivity index (χ2v) is 5.91. The summed E-state index contributed by atoms with van der Waals surface area (Å²) in [5.41, 5.74) is 1.17. The van der Waals surface area contributed by atoms with Gasteiger partial charge in [0.2, 0.25) is 0 Å². The van der Waals surface area contributed by atoms with E-state index >= 15 is 0 Å². The van der Waals surface area contributed by atoms with Crippen molar-refractivity contribution in [2.45, 2.75) is 18.9 Å². The third-order valence-electron chi connectivity index (χ3n) is 2.68. The molecule has 1 heterocycles. The van der Waals surface area contributed by atoms with Crippen molar-refractivity contribution in [1.82, 2.24) is 0 Å². The standard InChI is InChI=1S/C12H16BrNOS/c1-15-12-5-4-9(7-11(12)13)14-10-3-2-6-16-8-10/h4-5,7,10,14H,2-3,6,8H2,1H3. The molecule has 88 valence electrons. The van der Waals surface area contributed by atoms with Gasteiger partial charge in [-0.2, -0.15) is 11.8 Å². The molecule has 1 unspecified atom stereocenters. The molecule has 0 saturated carbocycles. The highest BCUT2D eigenvalue weighted by Crippen LogP contribution is 2.29. The van der Waals surface area contributed by atoms with E-state index in [1.54, 1.807) is 7.11 Å². The molecule has 1 N–H and O–H groups in total. The number of anilines is 1. The number of methoxy groups -OCH3 is 1. The zero-order chi connectivity index (χ0) is 11.4. The van der Waals surface area contributed by atoms with E-state index in [4.69, 9.17) is 4.74 Å². The van der Waals surface area contributed by atoms with Gasteiger partial charge >= 0.3 is 0 Å². The first kappa shape index (κ1) is 12.1. The highest BCUT2D eigenvalue weighted by atomic mass is 79.9. The van der Waals surface area contributed by atoms with Crippen molar-refractivity contribution in [1.29, 1.82) is 0 Å². The predicted molar refractivity (Wildman–Crippen MR) is 74.7 cm³/mol. The summed E-state index contributed by atoms with van der Waals surface area (Å²) in [6.45, 7) is 0. The van der Waals surface area contributed by atoms with Crippen LogP contribution in [0, 0.1) is 0 Å². The van der Waals surface area contributed by atoms with Crippen molar-refractivity contribution in [3.05, 3.63) is 22.7 Å². The number of halogens is 1. The zero-order valence-corrected chi connectivity index (χ0v) is 11.7. The van der Waals surface area contributed by atoms with Crippen LogP contribution in [-0.2, 0) is 0 Å². The third-order valence-corrected chi connectivity index (χ3v) is 4.52. The summed E-state index contributed by atoms with van der Waals surface area (Å²) in [6, 6.07) is 6.75. The molecular weight excluding hydrogens is 286 g/mol. The van der Waals surface area contributed by atoms with Crippen LogP contribution in [0.2, 0.25) is 0 Å². The van der Waals surface area contributed by atoms with Crippen LogP contribution >= 0.6 is 27.7 Å². The average Bonchev–Trinajstić information content (AvgIpc) is 2.31. The average molecular weight is 302 g/mol. The highest BCUT2D eigenvalue weighted by molar-refractivity contribution is 9.10. The van der Waals surface area contributed by atoms with E-state index < -0.39 is 0 Å². The van der Waals surface area contributed by atoms with Crippen LogP contribution in [0.3, 0.4) is 0 Å². The number of thioether (sulfide) groups is 1. The van der Waals surface area contributed by atoms with Gasteiger partial charge in [-0.3, -0.25) is 0 Å². The Morgan fingerprint density at radius 3 is 3.00 bits per heavy atom. The van der Waals surface area contributed by atoms with Gasteiger partial charge in [-0.25, -0.2) is 0 Å². The van der Waals surface area contributed by atoms with Crippen LogP contribution < -0.4 is 10.1 Å². The van der Waals surface area contributed by atoms with E-state index in [9.17, 15) is 0 Å². The van der Waals surface area contributed by atoms with Crippen LogP contribution in [0.5, 0.6) is 5.75 Å². The Labute approximate surface area is 109 Å². The van der Waals surface area contributed by atoms with E-state index in [0.717, 1.165) is 10.2 Å². The van der Waals surface area contributed by atoms with Gasteiger partial charge in [-0.05, 0) is 52.7 Å². The van der Waals surface area contributed by atoms with Gasteiger partial charge in [-0.1, -0.05) is 0 Å². The van der Waals surface area contributed by atoms with Gasteiger partial charge in [0.05, 0.1) is 11.6 Å². The Morgan fingerprint density at radius 1 is 1.50 bits per heavy atom. The zero-order valence-electron chi connectivity index (χ0n) is 9.33. The molecule has 2 nitrogen and oxygen atoms in total. The van der Waals surface area contributed by atoms with Crippen molar-refractivity contribution >= 4 is 33.4 Å². The van der Waals surface area contributed by atoms with Crippen LogP contribution in [0.1, 0.15) is 12.8 Å². The normalized spacial score (nSPS) is 20.5. The number of nitrogens with one attached hydrogen (secondary N) is 1. The summed E-state index contributed by atoms with van der Waals surface area (Å²) in [6.07, 6.45) is 2.59. The number of rotatable bonds is 3. The van der Waals surface area contributed by atoms with Crippen LogP contribution in [0.15, 0.2) is 22.7 Å². The van der Waals surface area contributed by atoms with Gasteiger partial charge < -0.3 is 10.1 Å². The number of benzene rings is 1. The van der Waals surface area contributed by atoms with Crippen LogP contribution in [0.25, 0.3) is 0 Å². The molecule has 1 fully saturated rings. The van der Waals surface area contributed by atoms with E-state index in [1.807, 2.05) is 17.8 Å². The van der Waals surface area contributed by atoms with Crippen molar-refractivity contribution in [2.75, 3.05) is 23.9 Å². The Kier molecular flexibility index (Phi) is 4.41. The molecule has 1 aromatic carbocycles. The minimum absolute atomic E-state index is 0.610. The van der Waals surface area contributed by atoms with Crippen molar-refractivity contribution in [2.24, 2.45) is 0 Å². The molecular formula is C12H16BrNOS. The van der Waals surface area contributed by atoms with Gasteiger partial charge in [-0.15, -0.1) is 0 Å². The summed E-state index contributed by atoms with van der Waals surface area (Å²) in [7, 11) is 1.69. The van der Waals surface area contributed by atoms with E-state index in [0.29, 0.717) is 6.04 Å². The van der Waals surface area contributed by atoms with Crippen molar-refractivity contribution < 1.29 is 4.74 Å². The second kappa shape index (κ2) is 5.82. The summed E-state index contributed by atoms with van der Waals surface area (Å²) >= 11 is 5.54.